The summed E-state index contributed by atoms with van der Waals surface area (Å²) in [5.74, 6) is 1.29. The number of oxime groups is 1. The molecular formula is C13H18N2O3. The maximum atomic E-state index is 5.81. The summed E-state index contributed by atoms with van der Waals surface area (Å²) in [7, 11) is 1.64. The Kier molecular flexibility index (Phi) is 4.41. The molecule has 0 radical (unpaired) electrons. The van der Waals surface area contributed by atoms with Crippen LogP contribution in [0.15, 0.2) is 29.4 Å². The first kappa shape index (κ1) is 12.7. The highest BCUT2D eigenvalue weighted by Gasteiger charge is 2.16. The first-order valence-electron chi connectivity index (χ1n) is 5.97. The van der Waals surface area contributed by atoms with E-state index in [1.165, 1.54) is 0 Å². The van der Waals surface area contributed by atoms with Gasteiger partial charge in [0.05, 0.1) is 20.3 Å². The number of hydrogen-bond acceptors (Lipinski definition) is 4. The molecule has 5 heteroatoms. The fraction of sp³-hybridized carbons (Fsp3) is 0.462. The Morgan fingerprint density at radius 3 is 2.83 bits per heavy atom. The minimum Gasteiger partial charge on any atom is -0.497 e. The summed E-state index contributed by atoms with van der Waals surface area (Å²) < 4.78 is 10.3. The second-order valence-corrected chi connectivity index (χ2v) is 4.20. The molecule has 98 valence electrons. The second-order valence-electron chi connectivity index (χ2n) is 4.20. The van der Waals surface area contributed by atoms with Crippen LogP contribution >= 0.6 is 0 Å². The van der Waals surface area contributed by atoms with Crippen LogP contribution in [0.1, 0.15) is 12.0 Å². The van der Waals surface area contributed by atoms with Gasteiger partial charge in [-0.25, -0.2) is 0 Å². The summed E-state index contributed by atoms with van der Waals surface area (Å²) in [6.07, 6.45) is 1.48. The zero-order chi connectivity index (χ0) is 12.8. The zero-order valence-corrected chi connectivity index (χ0v) is 10.5. The van der Waals surface area contributed by atoms with Gasteiger partial charge in [0.1, 0.15) is 11.6 Å². The lowest BCUT2D eigenvalue weighted by molar-refractivity contribution is 0.0469. The van der Waals surface area contributed by atoms with Gasteiger partial charge in [0.2, 0.25) is 0 Å². The number of hydrogen-bond donors (Lipinski definition) is 1. The summed E-state index contributed by atoms with van der Waals surface area (Å²) in [5.41, 5.74) is 6.88. The predicted octanol–water partition coefficient (Wildman–Crippen LogP) is 1.32. The van der Waals surface area contributed by atoms with E-state index in [1.807, 2.05) is 24.3 Å². The van der Waals surface area contributed by atoms with Crippen LogP contribution in [0.25, 0.3) is 0 Å². The van der Waals surface area contributed by atoms with Gasteiger partial charge in [-0.2, -0.15) is 0 Å². The Bertz CT molecular complexity index is 397. The van der Waals surface area contributed by atoms with Gasteiger partial charge >= 0.3 is 0 Å². The van der Waals surface area contributed by atoms with E-state index in [0.717, 1.165) is 24.3 Å². The van der Waals surface area contributed by atoms with E-state index in [0.29, 0.717) is 18.9 Å². The molecule has 1 fully saturated rings. The van der Waals surface area contributed by atoms with E-state index in [-0.39, 0.29) is 6.10 Å². The SMILES string of the molecule is COc1ccc(CC(N)=NO[C@H]2CCOC2)cc1. The summed E-state index contributed by atoms with van der Waals surface area (Å²) in [6, 6.07) is 7.71. The van der Waals surface area contributed by atoms with Crippen LogP contribution in [-0.2, 0) is 16.0 Å². The summed E-state index contributed by atoms with van der Waals surface area (Å²) >= 11 is 0. The lowest BCUT2D eigenvalue weighted by atomic mass is 10.1. The molecule has 0 aliphatic carbocycles. The van der Waals surface area contributed by atoms with Gasteiger partial charge in [-0.3, -0.25) is 0 Å². The van der Waals surface area contributed by atoms with Crippen molar-refractivity contribution in [2.45, 2.75) is 18.9 Å². The monoisotopic (exact) mass is 250 g/mol. The van der Waals surface area contributed by atoms with E-state index in [2.05, 4.69) is 5.16 Å². The molecule has 5 nitrogen and oxygen atoms in total. The quantitative estimate of drug-likeness (QED) is 0.486. The summed E-state index contributed by atoms with van der Waals surface area (Å²) in [6.45, 7) is 1.33. The van der Waals surface area contributed by atoms with Crippen LogP contribution < -0.4 is 10.5 Å². The van der Waals surface area contributed by atoms with Crippen molar-refractivity contribution in [3.05, 3.63) is 29.8 Å². The number of methoxy groups -OCH3 is 1. The second kappa shape index (κ2) is 6.26. The molecule has 2 rings (SSSR count). The first-order chi connectivity index (χ1) is 8.78. The molecular weight excluding hydrogens is 232 g/mol. The highest BCUT2D eigenvalue weighted by atomic mass is 16.7. The molecule has 0 spiro atoms. The van der Waals surface area contributed by atoms with Gasteiger partial charge in [-0.15, -0.1) is 0 Å². The van der Waals surface area contributed by atoms with Crippen molar-refractivity contribution in [2.75, 3.05) is 20.3 Å². The number of benzene rings is 1. The molecule has 0 saturated carbocycles. The Balaban J connectivity index is 1.84. The Labute approximate surface area is 107 Å². The molecule has 1 aliphatic rings. The Hall–Kier alpha value is -1.75. The molecule has 1 saturated heterocycles. The van der Waals surface area contributed by atoms with Gasteiger partial charge in [0.25, 0.3) is 0 Å². The summed E-state index contributed by atoms with van der Waals surface area (Å²) in [5, 5.41) is 3.93. The minimum atomic E-state index is 0.0411. The van der Waals surface area contributed by atoms with Crippen LogP contribution in [0, 0.1) is 0 Å². The molecule has 1 heterocycles. The maximum Gasteiger partial charge on any atom is 0.153 e. The van der Waals surface area contributed by atoms with E-state index >= 15 is 0 Å². The van der Waals surface area contributed by atoms with Gasteiger partial charge in [0, 0.05) is 12.8 Å². The molecule has 1 atom stereocenters. The average molecular weight is 250 g/mol. The van der Waals surface area contributed by atoms with Crippen LogP contribution in [0.2, 0.25) is 0 Å². The van der Waals surface area contributed by atoms with Crippen molar-refractivity contribution < 1.29 is 14.3 Å². The third-order valence-electron chi connectivity index (χ3n) is 2.75. The minimum absolute atomic E-state index is 0.0411. The molecule has 0 unspecified atom stereocenters. The third-order valence-corrected chi connectivity index (χ3v) is 2.75. The van der Waals surface area contributed by atoms with Gasteiger partial charge in [-0.05, 0) is 17.7 Å². The van der Waals surface area contributed by atoms with E-state index in [9.17, 15) is 0 Å². The molecule has 0 bridgehead atoms. The average Bonchev–Trinajstić information content (AvgIpc) is 2.90. The molecule has 2 N–H and O–H groups in total. The number of nitrogens with zero attached hydrogens (tertiary/aromatic N) is 1. The number of ether oxygens (including phenoxy) is 2. The van der Waals surface area contributed by atoms with Crippen LogP contribution in [-0.4, -0.2) is 32.3 Å². The first-order valence-corrected chi connectivity index (χ1v) is 5.97. The smallest absolute Gasteiger partial charge is 0.153 e. The fourth-order valence-corrected chi connectivity index (χ4v) is 1.72. The highest BCUT2D eigenvalue weighted by molar-refractivity contribution is 5.82. The molecule has 0 amide bonds. The van der Waals surface area contributed by atoms with Gasteiger partial charge in [-0.1, -0.05) is 17.3 Å². The topological polar surface area (TPSA) is 66.1 Å². The lowest BCUT2D eigenvalue weighted by Gasteiger charge is -2.07. The Morgan fingerprint density at radius 1 is 1.44 bits per heavy atom. The normalized spacial score (nSPS) is 19.8. The molecule has 0 aromatic heterocycles. The predicted molar refractivity (Wildman–Crippen MR) is 68.6 cm³/mol. The number of amidine groups is 1. The Morgan fingerprint density at radius 2 is 2.22 bits per heavy atom. The van der Waals surface area contributed by atoms with E-state index in [4.69, 9.17) is 20.0 Å². The molecule has 1 aliphatic heterocycles. The molecule has 1 aromatic rings. The summed E-state index contributed by atoms with van der Waals surface area (Å²) in [4.78, 5) is 5.30. The fourth-order valence-electron chi connectivity index (χ4n) is 1.72. The van der Waals surface area contributed by atoms with E-state index in [1.54, 1.807) is 7.11 Å². The van der Waals surface area contributed by atoms with Crippen LogP contribution in [0.3, 0.4) is 0 Å². The highest BCUT2D eigenvalue weighted by Crippen LogP contribution is 2.12. The molecule has 1 aromatic carbocycles. The van der Waals surface area contributed by atoms with E-state index < -0.39 is 0 Å². The largest absolute Gasteiger partial charge is 0.497 e. The van der Waals surface area contributed by atoms with Crippen molar-refractivity contribution in [3.63, 3.8) is 0 Å². The number of nitrogens with two attached hydrogens (primary N) is 1. The standard InChI is InChI=1S/C13H18N2O3/c1-16-11-4-2-10(3-5-11)8-13(14)15-18-12-6-7-17-9-12/h2-5,12H,6-9H2,1H3,(H2,14,15)/t12-/m0/s1. The van der Waals surface area contributed by atoms with Crippen LogP contribution in [0.5, 0.6) is 5.75 Å². The lowest BCUT2D eigenvalue weighted by Crippen LogP contribution is -2.18. The number of rotatable bonds is 5. The van der Waals surface area contributed by atoms with Gasteiger partial charge < -0.3 is 20.0 Å². The van der Waals surface area contributed by atoms with Crippen molar-refractivity contribution in [1.29, 1.82) is 0 Å². The van der Waals surface area contributed by atoms with Gasteiger partial charge in [0.15, 0.2) is 6.10 Å². The third kappa shape index (κ3) is 3.63. The van der Waals surface area contributed by atoms with Crippen LogP contribution in [0.4, 0.5) is 0 Å². The van der Waals surface area contributed by atoms with Crippen molar-refractivity contribution in [1.82, 2.24) is 0 Å². The zero-order valence-electron chi connectivity index (χ0n) is 10.5. The maximum absolute atomic E-state index is 5.81. The van der Waals surface area contributed by atoms with Crippen molar-refractivity contribution in [3.8, 4) is 5.75 Å². The van der Waals surface area contributed by atoms with Crippen molar-refractivity contribution >= 4 is 5.84 Å². The van der Waals surface area contributed by atoms with Crippen molar-refractivity contribution in [2.24, 2.45) is 10.9 Å². The molecule has 18 heavy (non-hydrogen) atoms.